The Labute approximate surface area is 151 Å². The van der Waals surface area contributed by atoms with Crippen LogP contribution in [0.4, 0.5) is 0 Å². The minimum Gasteiger partial charge on any atom is -0.454 e. The first kappa shape index (κ1) is 17.5. The molecule has 1 aliphatic heterocycles. The molecule has 2 aromatic rings. The summed E-state index contributed by atoms with van der Waals surface area (Å²) in [5, 5.41) is 0. The molecule has 1 aliphatic rings. The summed E-state index contributed by atoms with van der Waals surface area (Å²) >= 11 is 0. The van der Waals surface area contributed by atoms with Gasteiger partial charge in [0.05, 0.1) is 0 Å². The van der Waals surface area contributed by atoms with Crippen LogP contribution in [0.5, 0.6) is 11.5 Å². The van der Waals surface area contributed by atoms with Crippen LogP contribution in [-0.2, 0) is 20.9 Å². The Balaban J connectivity index is 1.46. The van der Waals surface area contributed by atoms with E-state index in [1.165, 1.54) is 11.0 Å². The van der Waals surface area contributed by atoms with E-state index in [9.17, 15) is 9.59 Å². The van der Waals surface area contributed by atoms with E-state index in [0.29, 0.717) is 18.0 Å². The van der Waals surface area contributed by atoms with Gasteiger partial charge in [-0.05, 0) is 29.3 Å². The number of carbonyl (C=O) groups excluding carboxylic acids is 2. The number of amides is 1. The third-order valence-electron chi connectivity index (χ3n) is 3.83. The van der Waals surface area contributed by atoms with Crippen molar-refractivity contribution in [1.29, 1.82) is 0 Å². The molecule has 26 heavy (non-hydrogen) atoms. The Kier molecular flexibility index (Phi) is 5.53. The molecule has 0 saturated heterocycles. The van der Waals surface area contributed by atoms with Gasteiger partial charge in [-0.3, -0.25) is 4.79 Å². The first-order valence-electron chi connectivity index (χ1n) is 8.14. The maximum absolute atomic E-state index is 12.0. The molecular weight excluding hydrogens is 334 g/mol. The van der Waals surface area contributed by atoms with Gasteiger partial charge in [0.25, 0.3) is 5.91 Å². The van der Waals surface area contributed by atoms with Crippen LogP contribution in [-0.4, -0.2) is 37.2 Å². The van der Waals surface area contributed by atoms with Crippen molar-refractivity contribution in [2.75, 3.05) is 20.4 Å². The van der Waals surface area contributed by atoms with Gasteiger partial charge in [-0.1, -0.05) is 36.4 Å². The average molecular weight is 353 g/mol. The second-order valence-electron chi connectivity index (χ2n) is 5.79. The van der Waals surface area contributed by atoms with Gasteiger partial charge in [0.2, 0.25) is 6.79 Å². The molecule has 3 rings (SSSR count). The smallest absolute Gasteiger partial charge is 0.331 e. The molecule has 0 spiro atoms. The molecule has 1 amide bonds. The SMILES string of the molecule is CN(Cc1ccccc1)C(=O)COC(=O)C=Cc1ccc2c(c1)OCO2. The normalized spacial score (nSPS) is 12.2. The lowest BCUT2D eigenvalue weighted by Crippen LogP contribution is -2.30. The summed E-state index contributed by atoms with van der Waals surface area (Å²) in [6, 6.07) is 15.0. The van der Waals surface area contributed by atoms with Gasteiger partial charge < -0.3 is 19.1 Å². The lowest BCUT2D eigenvalue weighted by molar-refractivity contribution is -0.147. The van der Waals surface area contributed by atoms with Crippen molar-refractivity contribution in [3.63, 3.8) is 0 Å². The van der Waals surface area contributed by atoms with E-state index in [4.69, 9.17) is 14.2 Å². The summed E-state index contributed by atoms with van der Waals surface area (Å²) in [6.45, 7) is 0.362. The highest BCUT2D eigenvalue weighted by Crippen LogP contribution is 2.32. The standard InChI is InChI=1S/C20H19NO5/c1-21(12-16-5-3-2-4-6-16)19(22)13-24-20(23)10-8-15-7-9-17-18(11-15)26-14-25-17/h2-11H,12-14H2,1H3. The van der Waals surface area contributed by atoms with Crippen molar-refractivity contribution in [2.24, 2.45) is 0 Å². The molecule has 2 aromatic carbocycles. The topological polar surface area (TPSA) is 65.1 Å². The van der Waals surface area contributed by atoms with Crippen molar-refractivity contribution in [3.05, 3.63) is 65.7 Å². The van der Waals surface area contributed by atoms with Crippen LogP contribution in [0, 0.1) is 0 Å². The molecule has 0 bridgehead atoms. The van der Waals surface area contributed by atoms with E-state index < -0.39 is 5.97 Å². The Hall–Kier alpha value is -3.28. The molecule has 0 aliphatic carbocycles. The zero-order valence-corrected chi connectivity index (χ0v) is 14.4. The highest BCUT2D eigenvalue weighted by molar-refractivity contribution is 5.89. The molecule has 0 fully saturated rings. The molecule has 0 radical (unpaired) electrons. The quantitative estimate of drug-likeness (QED) is 0.590. The zero-order chi connectivity index (χ0) is 18.4. The Morgan fingerprint density at radius 3 is 2.69 bits per heavy atom. The van der Waals surface area contributed by atoms with Gasteiger partial charge in [0, 0.05) is 19.7 Å². The van der Waals surface area contributed by atoms with E-state index in [0.717, 1.165) is 11.1 Å². The zero-order valence-electron chi connectivity index (χ0n) is 14.4. The third-order valence-corrected chi connectivity index (χ3v) is 3.83. The Bertz CT molecular complexity index is 816. The minimum absolute atomic E-state index is 0.198. The predicted octanol–water partition coefficient (Wildman–Crippen LogP) is 2.63. The lowest BCUT2D eigenvalue weighted by atomic mass is 10.2. The number of hydrogen-bond acceptors (Lipinski definition) is 5. The van der Waals surface area contributed by atoms with E-state index in [1.807, 2.05) is 30.3 Å². The van der Waals surface area contributed by atoms with Crippen LogP contribution in [0.15, 0.2) is 54.6 Å². The molecular formula is C20H19NO5. The van der Waals surface area contributed by atoms with Gasteiger partial charge in [0.1, 0.15) is 0 Å². The molecule has 0 aromatic heterocycles. The number of nitrogens with zero attached hydrogens (tertiary/aromatic N) is 1. The fourth-order valence-electron chi connectivity index (χ4n) is 2.42. The van der Waals surface area contributed by atoms with E-state index in [1.54, 1.807) is 31.3 Å². The molecule has 1 heterocycles. The van der Waals surface area contributed by atoms with Gasteiger partial charge in [-0.25, -0.2) is 4.79 Å². The van der Waals surface area contributed by atoms with Crippen molar-refractivity contribution in [1.82, 2.24) is 4.90 Å². The number of esters is 1. The Morgan fingerprint density at radius 2 is 1.88 bits per heavy atom. The highest BCUT2D eigenvalue weighted by atomic mass is 16.7. The Morgan fingerprint density at radius 1 is 1.12 bits per heavy atom. The lowest BCUT2D eigenvalue weighted by Gasteiger charge is -2.16. The van der Waals surface area contributed by atoms with Crippen molar-refractivity contribution < 1.29 is 23.8 Å². The molecule has 0 atom stereocenters. The second kappa shape index (κ2) is 8.20. The second-order valence-corrected chi connectivity index (χ2v) is 5.79. The van der Waals surface area contributed by atoms with Gasteiger partial charge in [0.15, 0.2) is 18.1 Å². The third kappa shape index (κ3) is 4.63. The highest BCUT2D eigenvalue weighted by Gasteiger charge is 2.13. The average Bonchev–Trinajstić information content (AvgIpc) is 3.13. The molecule has 0 unspecified atom stereocenters. The molecule has 0 saturated carbocycles. The first-order valence-corrected chi connectivity index (χ1v) is 8.14. The largest absolute Gasteiger partial charge is 0.454 e. The number of benzene rings is 2. The molecule has 6 heteroatoms. The summed E-state index contributed by atoms with van der Waals surface area (Å²) < 4.78 is 15.5. The first-order chi connectivity index (χ1) is 12.6. The number of fused-ring (bicyclic) bond motifs is 1. The number of carbonyl (C=O) groups is 2. The summed E-state index contributed by atoms with van der Waals surface area (Å²) in [6.07, 6.45) is 2.88. The number of rotatable bonds is 6. The summed E-state index contributed by atoms with van der Waals surface area (Å²) in [5.74, 6) is 0.470. The van der Waals surface area contributed by atoms with E-state index in [-0.39, 0.29) is 19.3 Å². The van der Waals surface area contributed by atoms with E-state index >= 15 is 0 Å². The van der Waals surface area contributed by atoms with Gasteiger partial charge >= 0.3 is 5.97 Å². The van der Waals surface area contributed by atoms with Crippen LogP contribution in [0.25, 0.3) is 6.08 Å². The van der Waals surface area contributed by atoms with Crippen LogP contribution in [0.1, 0.15) is 11.1 Å². The number of ether oxygens (including phenoxy) is 3. The maximum atomic E-state index is 12.0. The fourth-order valence-corrected chi connectivity index (χ4v) is 2.42. The molecule has 134 valence electrons. The van der Waals surface area contributed by atoms with Crippen molar-refractivity contribution in [3.8, 4) is 11.5 Å². The summed E-state index contributed by atoms with van der Waals surface area (Å²) in [4.78, 5) is 25.4. The number of hydrogen-bond donors (Lipinski definition) is 0. The monoisotopic (exact) mass is 353 g/mol. The molecule has 6 nitrogen and oxygen atoms in total. The minimum atomic E-state index is -0.580. The summed E-state index contributed by atoms with van der Waals surface area (Å²) in [7, 11) is 1.67. The summed E-state index contributed by atoms with van der Waals surface area (Å²) in [5.41, 5.74) is 1.79. The molecule has 0 N–H and O–H groups in total. The number of likely N-dealkylation sites (N-methyl/N-ethyl adjacent to an activating group) is 1. The van der Waals surface area contributed by atoms with Crippen LogP contribution >= 0.6 is 0 Å². The fraction of sp³-hybridized carbons (Fsp3) is 0.200. The van der Waals surface area contributed by atoms with Crippen LogP contribution in [0.3, 0.4) is 0 Å². The van der Waals surface area contributed by atoms with Crippen molar-refractivity contribution in [2.45, 2.75) is 6.54 Å². The van der Waals surface area contributed by atoms with Gasteiger partial charge in [-0.15, -0.1) is 0 Å². The van der Waals surface area contributed by atoms with Crippen LogP contribution < -0.4 is 9.47 Å². The van der Waals surface area contributed by atoms with Crippen molar-refractivity contribution >= 4 is 18.0 Å². The maximum Gasteiger partial charge on any atom is 0.331 e. The van der Waals surface area contributed by atoms with Gasteiger partial charge in [-0.2, -0.15) is 0 Å². The van der Waals surface area contributed by atoms with E-state index in [2.05, 4.69) is 0 Å². The van der Waals surface area contributed by atoms with Crippen LogP contribution in [0.2, 0.25) is 0 Å². The predicted molar refractivity (Wildman–Crippen MR) is 95.5 cm³/mol.